The zero-order valence-corrected chi connectivity index (χ0v) is 9.70. The van der Waals surface area contributed by atoms with Crippen LogP contribution >= 0.6 is 0 Å². The lowest BCUT2D eigenvalue weighted by Crippen LogP contribution is -2.07. The molecule has 100 valence electrons. The Hall–Kier alpha value is -2.18. The van der Waals surface area contributed by atoms with Crippen molar-refractivity contribution in [2.75, 3.05) is 0 Å². The molecule has 0 fully saturated rings. The van der Waals surface area contributed by atoms with Crippen molar-refractivity contribution in [2.24, 2.45) is 0 Å². The van der Waals surface area contributed by atoms with Crippen LogP contribution in [-0.2, 0) is 6.18 Å². The molecule has 3 nitrogen and oxygen atoms in total. The van der Waals surface area contributed by atoms with Gasteiger partial charge in [0.15, 0.2) is 5.78 Å². The first-order valence-corrected chi connectivity index (χ1v) is 5.22. The van der Waals surface area contributed by atoms with Crippen molar-refractivity contribution in [3.8, 4) is 5.69 Å². The van der Waals surface area contributed by atoms with E-state index < -0.39 is 23.3 Å². The average molecular weight is 272 g/mol. The molecule has 0 atom stereocenters. The SMILES string of the molecule is CC(=O)c1c(F)cccc1-n1cc(C(F)(F)F)cn1. The van der Waals surface area contributed by atoms with E-state index in [1.54, 1.807) is 0 Å². The maximum Gasteiger partial charge on any atom is 0.419 e. The summed E-state index contributed by atoms with van der Waals surface area (Å²) in [6, 6.07) is 3.69. The number of nitrogens with zero attached hydrogens (tertiary/aromatic N) is 2. The number of Topliss-reactive ketones (excluding diaryl/α,β-unsaturated/α-hetero) is 1. The third kappa shape index (κ3) is 2.49. The van der Waals surface area contributed by atoms with Crippen LogP contribution in [0.3, 0.4) is 0 Å². The summed E-state index contributed by atoms with van der Waals surface area (Å²) in [4.78, 5) is 11.4. The van der Waals surface area contributed by atoms with Gasteiger partial charge in [0.1, 0.15) is 5.82 Å². The monoisotopic (exact) mass is 272 g/mol. The molecule has 0 aliphatic carbocycles. The Morgan fingerprint density at radius 3 is 2.53 bits per heavy atom. The lowest BCUT2D eigenvalue weighted by atomic mass is 10.1. The zero-order valence-electron chi connectivity index (χ0n) is 9.70. The summed E-state index contributed by atoms with van der Waals surface area (Å²) in [6.45, 7) is 1.14. The summed E-state index contributed by atoms with van der Waals surface area (Å²) in [5, 5.41) is 3.51. The summed E-state index contributed by atoms with van der Waals surface area (Å²) in [7, 11) is 0. The molecule has 0 spiro atoms. The first kappa shape index (κ1) is 13.3. The van der Waals surface area contributed by atoms with Crippen LogP contribution in [-0.4, -0.2) is 15.6 Å². The highest BCUT2D eigenvalue weighted by Crippen LogP contribution is 2.29. The van der Waals surface area contributed by atoms with Crippen LogP contribution in [0.25, 0.3) is 5.69 Å². The van der Waals surface area contributed by atoms with Gasteiger partial charge in [-0.3, -0.25) is 4.79 Å². The largest absolute Gasteiger partial charge is 0.419 e. The maximum atomic E-state index is 13.5. The van der Waals surface area contributed by atoms with Gasteiger partial charge in [0.2, 0.25) is 0 Å². The maximum absolute atomic E-state index is 13.5. The first-order valence-electron chi connectivity index (χ1n) is 5.22. The van der Waals surface area contributed by atoms with Gasteiger partial charge in [0, 0.05) is 6.20 Å². The number of carbonyl (C=O) groups is 1. The van der Waals surface area contributed by atoms with E-state index >= 15 is 0 Å². The fourth-order valence-electron chi connectivity index (χ4n) is 1.65. The van der Waals surface area contributed by atoms with Crippen LogP contribution < -0.4 is 0 Å². The van der Waals surface area contributed by atoms with E-state index in [4.69, 9.17) is 0 Å². The van der Waals surface area contributed by atoms with Crippen molar-refractivity contribution in [3.05, 3.63) is 47.5 Å². The Labute approximate surface area is 105 Å². The summed E-state index contributed by atoms with van der Waals surface area (Å²) in [5.41, 5.74) is -1.28. The predicted molar refractivity (Wildman–Crippen MR) is 58.5 cm³/mol. The molecule has 0 amide bonds. The summed E-state index contributed by atoms with van der Waals surface area (Å²) >= 11 is 0. The highest BCUT2D eigenvalue weighted by Gasteiger charge is 2.32. The van der Waals surface area contributed by atoms with E-state index in [-0.39, 0.29) is 11.3 Å². The molecular weight excluding hydrogens is 264 g/mol. The third-order valence-corrected chi connectivity index (χ3v) is 2.50. The van der Waals surface area contributed by atoms with Gasteiger partial charge >= 0.3 is 6.18 Å². The number of aromatic nitrogens is 2. The molecule has 0 radical (unpaired) electrons. The topological polar surface area (TPSA) is 34.9 Å². The van der Waals surface area contributed by atoms with Crippen molar-refractivity contribution in [1.29, 1.82) is 0 Å². The van der Waals surface area contributed by atoms with Crippen LogP contribution in [0.15, 0.2) is 30.6 Å². The van der Waals surface area contributed by atoms with Crippen molar-refractivity contribution in [1.82, 2.24) is 9.78 Å². The quantitative estimate of drug-likeness (QED) is 0.621. The molecule has 1 heterocycles. The number of benzene rings is 1. The lowest BCUT2D eigenvalue weighted by molar-refractivity contribution is -0.137. The number of ketones is 1. The lowest BCUT2D eigenvalue weighted by Gasteiger charge is -2.07. The number of halogens is 4. The van der Waals surface area contributed by atoms with E-state index in [2.05, 4.69) is 5.10 Å². The Kier molecular flexibility index (Phi) is 3.13. The number of alkyl halides is 3. The van der Waals surface area contributed by atoms with Gasteiger partial charge in [0.05, 0.1) is 23.0 Å². The molecule has 0 saturated heterocycles. The van der Waals surface area contributed by atoms with Crippen LogP contribution in [0.2, 0.25) is 0 Å². The second-order valence-corrected chi connectivity index (χ2v) is 3.86. The molecule has 1 aromatic heterocycles. The van der Waals surface area contributed by atoms with E-state index in [1.807, 2.05) is 0 Å². The number of hydrogen-bond acceptors (Lipinski definition) is 2. The van der Waals surface area contributed by atoms with E-state index in [0.717, 1.165) is 17.7 Å². The molecule has 0 aliphatic heterocycles. The van der Waals surface area contributed by atoms with E-state index in [1.165, 1.54) is 12.1 Å². The molecular formula is C12H8F4N2O. The molecule has 2 rings (SSSR count). The van der Waals surface area contributed by atoms with Gasteiger partial charge in [-0.2, -0.15) is 18.3 Å². The summed E-state index contributed by atoms with van der Waals surface area (Å²) < 4.78 is 51.8. The Bertz CT molecular complexity index is 631. The first-order chi connectivity index (χ1) is 8.80. The van der Waals surface area contributed by atoms with Gasteiger partial charge in [-0.25, -0.2) is 9.07 Å². The third-order valence-electron chi connectivity index (χ3n) is 2.50. The smallest absolute Gasteiger partial charge is 0.294 e. The number of hydrogen-bond donors (Lipinski definition) is 0. The van der Waals surface area contributed by atoms with Crippen LogP contribution in [0.1, 0.15) is 22.8 Å². The fourth-order valence-corrected chi connectivity index (χ4v) is 1.65. The Morgan fingerprint density at radius 2 is 2.00 bits per heavy atom. The second kappa shape index (κ2) is 4.49. The predicted octanol–water partition coefficient (Wildman–Crippen LogP) is 3.23. The Balaban J connectivity index is 2.57. The molecule has 0 N–H and O–H groups in total. The Morgan fingerprint density at radius 1 is 1.32 bits per heavy atom. The number of carbonyl (C=O) groups excluding carboxylic acids is 1. The van der Waals surface area contributed by atoms with E-state index in [9.17, 15) is 22.4 Å². The average Bonchev–Trinajstić information content (AvgIpc) is 2.76. The van der Waals surface area contributed by atoms with Gasteiger partial charge in [-0.15, -0.1) is 0 Å². The number of rotatable bonds is 2. The van der Waals surface area contributed by atoms with Crippen LogP contribution in [0.5, 0.6) is 0 Å². The minimum atomic E-state index is -4.54. The van der Waals surface area contributed by atoms with Crippen molar-refractivity contribution >= 4 is 5.78 Å². The van der Waals surface area contributed by atoms with Gasteiger partial charge in [-0.05, 0) is 19.1 Å². The molecule has 0 unspecified atom stereocenters. The molecule has 0 aliphatic rings. The van der Waals surface area contributed by atoms with Crippen molar-refractivity contribution < 1.29 is 22.4 Å². The fraction of sp³-hybridized carbons (Fsp3) is 0.167. The minimum absolute atomic E-state index is 0.0250. The van der Waals surface area contributed by atoms with Crippen molar-refractivity contribution in [3.63, 3.8) is 0 Å². The summed E-state index contributed by atoms with van der Waals surface area (Å²) in [6.07, 6.45) is -3.21. The molecule has 19 heavy (non-hydrogen) atoms. The van der Waals surface area contributed by atoms with Gasteiger partial charge in [0.25, 0.3) is 0 Å². The molecule has 7 heteroatoms. The highest BCUT2D eigenvalue weighted by molar-refractivity contribution is 5.97. The standard InChI is InChI=1S/C12H8F4N2O/c1-7(19)11-9(13)3-2-4-10(11)18-6-8(5-17-18)12(14,15)16/h2-6H,1H3. The van der Waals surface area contributed by atoms with Crippen LogP contribution in [0, 0.1) is 5.82 Å². The zero-order chi connectivity index (χ0) is 14.2. The normalized spacial score (nSPS) is 11.6. The van der Waals surface area contributed by atoms with Gasteiger partial charge in [-0.1, -0.05) is 6.07 Å². The molecule has 0 saturated carbocycles. The highest BCUT2D eigenvalue weighted by atomic mass is 19.4. The minimum Gasteiger partial charge on any atom is -0.294 e. The summed E-state index contributed by atoms with van der Waals surface area (Å²) in [5.74, 6) is -1.38. The van der Waals surface area contributed by atoms with Crippen molar-refractivity contribution in [2.45, 2.75) is 13.1 Å². The molecule has 2 aromatic rings. The molecule has 0 bridgehead atoms. The van der Waals surface area contributed by atoms with Gasteiger partial charge < -0.3 is 0 Å². The van der Waals surface area contributed by atoms with Crippen LogP contribution in [0.4, 0.5) is 17.6 Å². The second-order valence-electron chi connectivity index (χ2n) is 3.86. The van der Waals surface area contributed by atoms with E-state index in [0.29, 0.717) is 12.4 Å². The molecule has 1 aromatic carbocycles.